The summed E-state index contributed by atoms with van der Waals surface area (Å²) in [7, 11) is 0. The van der Waals surface area contributed by atoms with Gasteiger partial charge in [0.05, 0.1) is 6.10 Å². The summed E-state index contributed by atoms with van der Waals surface area (Å²) in [5.74, 6) is -0.385. The van der Waals surface area contributed by atoms with Crippen molar-refractivity contribution in [3.05, 3.63) is 32.5 Å². The van der Waals surface area contributed by atoms with Crippen molar-refractivity contribution in [2.24, 2.45) is 0 Å². The first-order valence-corrected chi connectivity index (χ1v) is 7.54. The van der Waals surface area contributed by atoms with E-state index < -0.39 is 18.0 Å². The van der Waals surface area contributed by atoms with Crippen molar-refractivity contribution in [2.75, 3.05) is 5.75 Å². The van der Waals surface area contributed by atoms with Gasteiger partial charge in [-0.05, 0) is 12.1 Å². The van der Waals surface area contributed by atoms with E-state index in [1.165, 1.54) is 19.1 Å². The molecule has 2 atom stereocenters. The molecule has 100 valence electrons. The van der Waals surface area contributed by atoms with E-state index in [-0.39, 0.29) is 10.9 Å². The van der Waals surface area contributed by atoms with Gasteiger partial charge >= 0.3 is 0 Å². The van der Waals surface area contributed by atoms with E-state index in [9.17, 15) is 19.4 Å². The molecule has 2 N–H and O–H groups in total. The molecule has 0 aliphatic carbocycles. The van der Waals surface area contributed by atoms with Gasteiger partial charge < -0.3 is 10.2 Å². The highest BCUT2D eigenvalue weighted by molar-refractivity contribution is 9.11. The number of thioether (sulfide) groups is 1. The van der Waals surface area contributed by atoms with Gasteiger partial charge in [0.2, 0.25) is 0 Å². The van der Waals surface area contributed by atoms with Crippen LogP contribution in [0.3, 0.4) is 0 Å². The molecule has 0 aliphatic rings. The number of carbonyl (C=O) groups is 1. The Balaban J connectivity index is 2.89. The summed E-state index contributed by atoms with van der Waals surface area (Å²) in [4.78, 5) is 10.8. The van der Waals surface area contributed by atoms with Crippen LogP contribution < -0.4 is 0 Å². The number of carbonyl (C=O) groups excluding carboxylic acids is 1. The first-order valence-electron chi connectivity index (χ1n) is 4.97. The Morgan fingerprint density at radius 2 is 1.89 bits per heavy atom. The van der Waals surface area contributed by atoms with Crippen LogP contribution in [0.15, 0.2) is 21.1 Å². The molecule has 0 fully saturated rings. The second-order valence-corrected chi connectivity index (χ2v) is 6.50. The van der Waals surface area contributed by atoms with Gasteiger partial charge in [-0.25, -0.2) is 4.39 Å². The minimum Gasteiger partial charge on any atom is -0.389 e. The van der Waals surface area contributed by atoms with Crippen LogP contribution in [-0.4, -0.2) is 27.2 Å². The lowest BCUT2D eigenvalue weighted by Crippen LogP contribution is -2.22. The minimum atomic E-state index is -1.21. The standard InChI is InChI=1S/C11H11Br2FO3S/c1-5(15)18-4-9(16)11(17)10-7(12)2-6(14)3-8(10)13/h2-3,9,11,16-17H,4H2,1H3. The molecule has 0 spiro atoms. The zero-order valence-corrected chi connectivity index (χ0v) is 13.3. The van der Waals surface area contributed by atoms with E-state index in [0.29, 0.717) is 14.5 Å². The van der Waals surface area contributed by atoms with E-state index >= 15 is 0 Å². The number of aliphatic hydroxyl groups excluding tert-OH is 2. The van der Waals surface area contributed by atoms with Crippen LogP contribution >= 0.6 is 43.6 Å². The Morgan fingerprint density at radius 1 is 1.39 bits per heavy atom. The monoisotopic (exact) mass is 400 g/mol. The summed E-state index contributed by atoms with van der Waals surface area (Å²) in [6.07, 6.45) is -2.32. The lowest BCUT2D eigenvalue weighted by molar-refractivity contribution is -0.109. The topological polar surface area (TPSA) is 57.5 Å². The average molecular weight is 402 g/mol. The highest BCUT2D eigenvalue weighted by Gasteiger charge is 2.24. The molecule has 0 saturated carbocycles. The fraction of sp³-hybridized carbons (Fsp3) is 0.364. The molecule has 7 heteroatoms. The molecule has 18 heavy (non-hydrogen) atoms. The third-order valence-electron chi connectivity index (χ3n) is 2.16. The molecular weight excluding hydrogens is 391 g/mol. The molecule has 3 nitrogen and oxygen atoms in total. The molecule has 0 aliphatic heterocycles. The molecule has 2 unspecified atom stereocenters. The first-order chi connectivity index (χ1) is 8.32. The SMILES string of the molecule is CC(=O)SCC(O)C(O)c1c(Br)cc(F)cc1Br. The lowest BCUT2D eigenvalue weighted by atomic mass is 10.1. The average Bonchev–Trinajstić information content (AvgIpc) is 2.24. The van der Waals surface area contributed by atoms with Gasteiger partial charge in [0.25, 0.3) is 0 Å². The van der Waals surface area contributed by atoms with Crippen LogP contribution in [0.2, 0.25) is 0 Å². The number of rotatable bonds is 4. The molecular formula is C11H11Br2FO3S. The number of hydrogen-bond donors (Lipinski definition) is 2. The molecule has 0 bridgehead atoms. The largest absolute Gasteiger partial charge is 0.389 e. The third-order valence-corrected chi connectivity index (χ3v) is 4.39. The van der Waals surface area contributed by atoms with Crippen molar-refractivity contribution in [2.45, 2.75) is 19.1 Å². The van der Waals surface area contributed by atoms with Crippen molar-refractivity contribution in [3.63, 3.8) is 0 Å². The summed E-state index contributed by atoms with van der Waals surface area (Å²) < 4.78 is 13.8. The van der Waals surface area contributed by atoms with Gasteiger partial charge in [0.15, 0.2) is 5.12 Å². The van der Waals surface area contributed by atoms with Crippen molar-refractivity contribution in [1.29, 1.82) is 0 Å². The zero-order valence-electron chi connectivity index (χ0n) is 9.36. The molecule has 1 aromatic rings. The van der Waals surface area contributed by atoms with Gasteiger partial charge in [0, 0.05) is 27.2 Å². The fourth-order valence-corrected chi connectivity index (χ4v) is 3.51. The third kappa shape index (κ3) is 4.31. The molecule has 1 aromatic carbocycles. The Labute approximate surface area is 125 Å². The Morgan fingerprint density at radius 3 is 2.33 bits per heavy atom. The Kier molecular flexibility index (Phi) is 6.26. The maximum atomic E-state index is 13.1. The van der Waals surface area contributed by atoms with Crippen molar-refractivity contribution in [3.8, 4) is 0 Å². The molecule has 0 amide bonds. The maximum Gasteiger partial charge on any atom is 0.185 e. The molecule has 1 rings (SSSR count). The van der Waals surface area contributed by atoms with Crippen molar-refractivity contribution >= 4 is 48.7 Å². The smallest absolute Gasteiger partial charge is 0.185 e. The molecule has 0 radical (unpaired) electrons. The number of benzene rings is 1. The quantitative estimate of drug-likeness (QED) is 0.814. The van der Waals surface area contributed by atoms with Crippen LogP contribution in [0.25, 0.3) is 0 Å². The summed E-state index contributed by atoms with van der Waals surface area (Å²) in [6, 6.07) is 2.41. The highest BCUT2D eigenvalue weighted by Crippen LogP contribution is 2.34. The highest BCUT2D eigenvalue weighted by atomic mass is 79.9. The van der Waals surface area contributed by atoms with Crippen molar-refractivity contribution in [1.82, 2.24) is 0 Å². The summed E-state index contributed by atoms with van der Waals surface area (Å²) in [5.41, 5.74) is 0.355. The van der Waals surface area contributed by atoms with E-state index in [1.807, 2.05) is 0 Å². The molecule has 0 heterocycles. The second kappa shape index (κ2) is 7.00. The number of halogens is 3. The summed E-state index contributed by atoms with van der Waals surface area (Å²) in [6.45, 7) is 1.38. The minimum absolute atomic E-state index is 0.0761. The molecule has 0 saturated heterocycles. The second-order valence-electron chi connectivity index (χ2n) is 3.60. The van der Waals surface area contributed by atoms with Gasteiger partial charge in [-0.3, -0.25) is 4.79 Å². The van der Waals surface area contributed by atoms with E-state index in [0.717, 1.165) is 11.8 Å². The van der Waals surface area contributed by atoms with E-state index in [2.05, 4.69) is 31.9 Å². The van der Waals surface area contributed by atoms with Crippen LogP contribution in [0.4, 0.5) is 4.39 Å². The maximum absolute atomic E-state index is 13.1. The van der Waals surface area contributed by atoms with Crippen LogP contribution in [0.5, 0.6) is 0 Å². The van der Waals surface area contributed by atoms with Gasteiger partial charge in [0.1, 0.15) is 11.9 Å². The Bertz CT molecular complexity index is 433. The number of hydrogen-bond acceptors (Lipinski definition) is 4. The molecule has 0 aromatic heterocycles. The van der Waals surface area contributed by atoms with Crippen LogP contribution in [0.1, 0.15) is 18.6 Å². The lowest BCUT2D eigenvalue weighted by Gasteiger charge is -2.20. The Hall–Kier alpha value is 0.0500. The first kappa shape index (κ1) is 16.1. The van der Waals surface area contributed by atoms with Crippen LogP contribution in [-0.2, 0) is 4.79 Å². The van der Waals surface area contributed by atoms with E-state index in [4.69, 9.17) is 0 Å². The normalized spacial score (nSPS) is 14.3. The fourth-order valence-electron chi connectivity index (χ4n) is 1.32. The predicted octanol–water partition coefficient (Wildman–Crippen LogP) is 3.02. The predicted molar refractivity (Wildman–Crippen MR) is 75.9 cm³/mol. The van der Waals surface area contributed by atoms with Crippen LogP contribution in [0, 0.1) is 5.82 Å². The van der Waals surface area contributed by atoms with Gasteiger partial charge in [-0.15, -0.1) is 0 Å². The summed E-state index contributed by atoms with van der Waals surface area (Å²) in [5, 5.41) is 19.6. The van der Waals surface area contributed by atoms with Gasteiger partial charge in [-0.1, -0.05) is 43.6 Å². The summed E-state index contributed by atoms with van der Waals surface area (Å²) >= 11 is 7.19. The van der Waals surface area contributed by atoms with Gasteiger partial charge in [-0.2, -0.15) is 0 Å². The zero-order chi connectivity index (χ0) is 13.9. The van der Waals surface area contributed by atoms with E-state index in [1.54, 1.807) is 0 Å². The number of aliphatic hydroxyl groups is 2. The van der Waals surface area contributed by atoms with Crippen molar-refractivity contribution < 1.29 is 19.4 Å².